The molecule has 29 heavy (non-hydrogen) atoms. The smallest absolute Gasteiger partial charge is 0.305 e. The van der Waals surface area contributed by atoms with E-state index in [1.54, 1.807) is 0 Å². The van der Waals surface area contributed by atoms with Crippen molar-refractivity contribution in [3.8, 4) is 0 Å². The van der Waals surface area contributed by atoms with E-state index in [4.69, 9.17) is 14.6 Å². The SMILES string of the molecule is CCCCCCCCC=CCCCCCCCC(CC(=O)O)OC1CCCCO1. The van der Waals surface area contributed by atoms with Crippen molar-refractivity contribution >= 4 is 5.97 Å². The monoisotopic (exact) mass is 410 g/mol. The highest BCUT2D eigenvalue weighted by atomic mass is 16.7. The third kappa shape index (κ3) is 16.6. The lowest BCUT2D eigenvalue weighted by Crippen LogP contribution is -2.29. The van der Waals surface area contributed by atoms with Crippen LogP contribution in [0.3, 0.4) is 0 Å². The molecule has 0 aliphatic carbocycles. The Hall–Kier alpha value is -0.870. The van der Waals surface area contributed by atoms with Crippen molar-refractivity contribution in [1.29, 1.82) is 0 Å². The summed E-state index contributed by atoms with van der Waals surface area (Å²) in [6, 6.07) is 0. The summed E-state index contributed by atoms with van der Waals surface area (Å²) in [7, 11) is 0. The number of carbonyl (C=O) groups is 1. The zero-order valence-electron chi connectivity index (χ0n) is 18.9. The van der Waals surface area contributed by atoms with Gasteiger partial charge in [-0.15, -0.1) is 0 Å². The Morgan fingerprint density at radius 1 is 0.966 bits per heavy atom. The van der Waals surface area contributed by atoms with Crippen LogP contribution in [0.4, 0.5) is 0 Å². The summed E-state index contributed by atoms with van der Waals surface area (Å²) in [5.74, 6) is -0.779. The average Bonchev–Trinajstić information content (AvgIpc) is 2.71. The van der Waals surface area contributed by atoms with Gasteiger partial charge in [0, 0.05) is 6.61 Å². The minimum absolute atomic E-state index is 0.0866. The van der Waals surface area contributed by atoms with Crippen LogP contribution in [0.2, 0.25) is 0 Å². The van der Waals surface area contributed by atoms with Gasteiger partial charge < -0.3 is 14.6 Å². The highest BCUT2D eigenvalue weighted by Gasteiger charge is 2.21. The van der Waals surface area contributed by atoms with Gasteiger partial charge in [-0.2, -0.15) is 0 Å². The van der Waals surface area contributed by atoms with Crippen molar-refractivity contribution in [2.45, 2.75) is 135 Å². The number of ether oxygens (including phenoxy) is 2. The Kier molecular flexibility index (Phi) is 17.2. The maximum atomic E-state index is 11.1. The first kappa shape index (κ1) is 26.2. The summed E-state index contributed by atoms with van der Waals surface area (Å²) in [4.78, 5) is 11.1. The molecule has 0 spiro atoms. The molecule has 170 valence electrons. The number of allylic oxidation sites excluding steroid dienone is 2. The van der Waals surface area contributed by atoms with Crippen molar-refractivity contribution < 1.29 is 19.4 Å². The van der Waals surface area contributed by atoms with E-state index >= 15 is 0 Å². The van der Waals surface area contributed by atoms with Gasteiger partial charge in [-0.05, 0) is 51.4 Å². The Morgan fingerprint density at radius 3 is 2.17 bits per heavy atom. The Morgan fingerprint density at radius 2 is 1.59 bits per heavy atom. The van der Waals surface area contributed by atoms with Crippen LogP contribution in [0.5, 0.6) is 0 Å². The lowest BCUT2D eigenvalue weighted by molar-refractivity contribution is -0.193. The van der Waals surface area contributed by atoms with Crippen LogP contribution in [0.15, 0.2) is 12.2 Å². The number of hydrogen-bond donors (Lipinski definition) is 1. The average molecular weight is 411 g/mol. The number of unbranched alkanes of at least 4 members (excludes halogenated alkanes) is 11. The number of carboxylic acids is 1. The van der Waals surface area contributed by atoms with Gasteiger partial charge in [0.05, 0.1) is 12.5 Å². The summed E-state index contributed by atoms with van der Waals surface area (Å²) in [6.07, 6.45) is 24.9. The molecule has 0 aromatic heterocycles. The minimum atomic E-state index is -0.779. The maximum Gasteiger partial charge on any atom is 0.305 e. The second kappa shape index (κ2) is 19.1. The van der Waals surface area contributed by atoms with Gasteiger partial charge in [0.2, 0.25) is 0 Å². The van der Waals surface area contributed by atoms with Crippen molar-refractivity contribution in [3.63, 3.8) is 0 Å². The van der Waals surface area contributed by atoms with Crippen molar-refractivity contribution in [2.75, 3.05) is 6.61 Å². The fraction of sp³-hybridized carbons (Fsp3) is 0.880. The molecular weight excluding hydrogens is 364 g/mol. The Bertz CT molecular complexity index is 402. The number of carboxylic acid groups (broad SMARTS) is 1. The van der Waals surface area contributed by atoms with Gasteiger partial charge >= 0.3 is 5.97 Å². The van der Waals surface area contributed by atoms with E-state index in [-0.39, 0.29) is 18.8 Å². The second-order valence-electron chi connectivity index (χ2n) is 8.53. The molecule has 1 saturated heterocycles. The molecular formula is C25H46O4. The molecule has 1 rings (SSSR count). The highest BCUT2D eigenvalue weighted by molar-refractivity contribution is 5.67. The molecule has 4 nitrogen and oxygen atoms in total. The summed E-state index contributed by atoms with van der Waals surface area (Å²) < 4.78 is 11.5. The molecule has 0 bridgehead atoms. The zero-order valence-corrected chi connectivity index (χ0v) is 18.9. The van der Waals surface area contributed by atoms with Gasteiger partial charge in [0.25, 0.3) is 0 Å². The molecule has 0 radical (unpaired) electrons. The lowest BCUT2D eigenvalue weighted by Gasteiger charge is -2.27. The molecule has 0 amide bonds. The van der Waals surface area contributed by atoms with E-state index in [9.17, 15) is 4.79 Å². The molecule has 1 aliphatic rings. The fourth-order valence-corrected chi connectivity index (χ4v) is 3.89. The van der Waals surface area contributed by atoms with Crippen molar-refractivity contribution in [3.05, 3.63) is 12.2 Å². The summed E-state index contributed by atoms with van der Waals surface area (Å²) >= 11 is 0. The first-order valence-corrected chi connectivity index (χ1v) is 12.4. The van der Waals surface area contributed by atoms with E-state index in [0.717, 1.165) is 45.1 Å². The lowest BCUT2D eigenvalue weighted by atomic mass is 10.0. The molecule has 0 aromatic carbocycles. The number of hydrogen-bond acceptors (Lipinski definition) is 3. The van der Waals surface area contributed by atoms with E-state index in [0.29, 0.717) is 0 Å². The van der Waals surface area contributed by atoms with Gasteiger partial charge in [-0.3, -0.25) is 4.79 Å². The minimum Gasteiger partial charge on any atom is -0.481 e. The predicted molar refractivity (Wildman–Crippen MR) is 120 cm³/mol. The van der Waals surface area contributed by atoms with Crippen molar-refractivity contribution in [1.82, 2.24) is 0 Å². The van der Waals surface area contributed by atoms with Crippen LogP contribution < -0.4 is 0 Å². The van der Waals surface area contributed by atoms with Crippen LogP contribution in [0, 0.1) is 0 Å². The van der Waals surface area contributed by atoms with E-state index < -0.39 is 5.97 Å². The first-order chi connectivity index (χ1) is 14.2. The zero-order chi connectivity index (χ0) is 21.0. The summed E-state index contributed by atoms with van der Waals surface area (Å²) in [5.41, 5.74) is 0. The normalized spacial score (nSPS) is 18.3. The molecule has 1 N–H and O–H groups in total. The molecule has 0 saturated carbocycles. The largest absolute Gasteiger partial charge is 0.481 e. The Balaban J connectivity index is 1.95. The number of rotatable bonds is 19. The summed E-state index contributed by atoms with van der Waals surface area (Å²) in [5, 5.41) is 9.11. The van der Waals surface area contributed by atoms with E-state index in [1.807, 2.05) is 0 Å². The third-order valence-corrected chi connectivity index (χ3v) is 5.67. The van der Waals surface area contributed by atoms with Gasteiger partial charge in [-0.25, -0.2) is 0 Å². The molecule has 4 heteroatoms. The quantitative estimate of drug-likeness (QED) is 0.178. The van der Waals surface area contributed by atoms with E-state index in [2.05, 4.69) is 19.1 Å². The maximum absolute atomic E-state index is 11.1. The molecule has 1 aliphatic heterocycles. The van der Waals surface area contributed by atoms with Crippen LogP contribution in [0.1, 0.15) is 122 Å². The number of aliphatic carboxylic acids is 1. The molecule has 2 atom stereocenters. The van der Waals surface area contributed by atoms with Crippen LogP contribution in [-0.4, -0.2) is 30.1 Å². The topological polar surface area (TPSA) is 55.8 Å². The van der Waals surface area contributed by atoms with Gasteiger partial charge in [0.1, 0.15) is 0 Å². The second-order valence-corrected chi connectivity index (χ2v) is 8.53. The van der Waals surface area contributed by atoms with Crippen LogP contribution in [-0.2, 0) is 14.3 Å². The molecule has 1 heterocycles. The van der Waals surface area contributed by atoms with Crippen LogP contribution in [0.25, 0.3) is 0 Å². The fourth-order valence-electron chi connectivity index (χ4n) is 3.89. The van der Waals surface area contributed by atoms with Crippen molar-refractivity contribution in [2.24, 2.45) is 0 Å². The van der Waals surface area contributed by atoms with Gasteiger partial charge in [-0.1, -0.05) is 76.9 Å². The Labute approximate surface area is 179 Å². The first-order valence-electron chi connectivity index (χ1n) is 12.4. The molecule has 2 unspecified atom stereocenters. The van der Waals surface area contributed by atoms with Gasteiger partial charge in [0.15, 0.2) is 6.29 Å². The van der Waals surface area contributed by atoms with Crippen LogP contribution >= 0.6 is 0 Å². The third-order valence-electron chi connectivity index (χ3n) is 5.67. The molecule has 1 fully saturated rings. The highest BCUT2D eigenvalue weighted by Crippen LogP contribution is 2.20. The van der Waals surface area contributed by atoms with E-state index in [1.165, 1.54) is 70.6 Å². The predicted octanol–water partition coefficient (Wildman–Crippen LogP) is 7.41. The summed E-state index contributed by atoms with van der Waals surface area (Å²) in [6.45, 7) is 3.00. The standard InChI is InChI=1S/C25H46O4/c1-2-3-4-5-6-7-8-9-10-11-12-13-14-15-16-19-23(22-24(26)27)29-25-20-17-18-21-28-25/h9-10,23,25H,2-8,11-22H2,1H3,(H,26,27). The molecule has 0 aromatic rings.